The molecule has 2 aliphatic heterocycles. The minimum Gasteiger partial charge on any atom is -0.494 e. The van der Waals surface area contributed by atoms with Crippen LogP contribution in [0, 0.1) is 5.92 Å². The molecule has 4 N–H and O–H groups in total. The van der Waals surface area contributed by atoms with Crippen molar-refractivity contribution in [1.29, 1.82) is 0 Å². The Kier molecular flexibility index (Phi) is 7.02. The SMILES string of the molecule is OC[C@H]1O[C@@H](c2cc(Cc3ccc(OCCC4CC4)cc3)c(Cl)c3c2CCO3)[C@H](O)[C@@H](O)[C@@H]1O. The normalized spacial score (nSPS) is 28.4. The fourth-order valence-electron chi connectivity index (χ4n) is 4.83. The zero-order valence-corrected chi connectivity index (χ0v) is 19.7. The van der Waals surface area contributed by atoms with E-state index in [1.807, 2.05) is 30.3 Å². The molecule has 0 unspecified atom stereocenters. The summed E-state index contributed by atoms with van der Waals surface area (Å²) in [7, 11) is 0. The van der Waals surface area contributed by atoms with Gasteiger partial charge in [-0.05, 0) is 47.6 Å². The highest BCUT2D eigenvalue weighted by Gasteiger charge is 2.45. The molecule has 2 fully saturated rings. The summed E-state index contributed by atoms with van der Waals surface area (Å²) in [6.07, 6.45) is -1.25. The predicted molar refractivity (Wildman–Crippen MR) is 125 cm³/mol. The van der Waals surface area contributed by atoms with E-state index in [1.54, 1.807) is 0 Å². The summed E-state index contributed by atoms with van der Waals surface area (Å²) in [5.41, 5.74) is 3.31. The number of hydrogen-bond acceptors (Lipinski definition) is 7. The van der Waals surface area contributed by atoms with Crippen LogP contribution in [0.1, 0.15) is 47.6 Å². The third kappa shape index (κ3) is 4.78. The maximum atomic E-state index is 10.7. The van der Waals surface area contributed by atoms with E-state index in [9.17, 15) is 20.4 Å². The lowest BCUT2D eigenvalue weighted by Crippen LogP contribution is -2.55. The number of ether oxygens (including phenoxy) is 3. The van der Waals surface area contributed by atoms with Gasteiger partial charge in [0.05, 0.1) is 24.8 Å². The average Bonchev–Trinajstić information content (AvgIpc) is 3.53. The van der Waals surface area contributed by atoms with Crippen molar-refractivity contribution < 1.29 is 34.6 Å². The van der Waals surface area contributed by atoms with Gasteiger partial charge in [-0.25, -0.2) is 0 Å². The summed E-state index contributed by atoms with van der Waals surface area (Å²) in [5, 5.41) is 41.3. The number of fused-ring (bicyclic) bond motifs is 1. The average molecular weight is 491 g/mol. The van der Waals surface area contributed by atoms with Crippen molar-refractivity contribution >= 4 is 11.6 Å². The lowest BCUT2D eigenvalue weighted by atomic mass is 9.87. The summed E-state index contributed by atoms with van der Waals surface area (Å²) < 4.78 is 17.5. The van der Waals surface area contributed by atoms with Crippen LogP contribution in [0.5, 0.6) is 11.5 Å². The molecular weight excluding hydrogens is 460 g/mol. The maximum absolute atomic E-state index is 10.7. The Morgan fingerprint density at radius 3 is 2.50 bits per heavy atom. The van der Waals surface area contributed by atoms with Gasteiger partial charge >= 0.3 is 0 Å². The minimum absolute atomic E-state index is 0.454. The van der Waals surface area contributed by atoms with Gasteiger partial charge in [-0.15, -0.1) is 0 Å². The number of aliphatic hydroxyl groups is 4. The second kappa shape index (κ2) is 10.0. The molecule has 5 atom stereocenters. The summed E-state index contributed by atoms with van der Waals surface area (Å²) in [5.74, 6) is 2.24. The van der Waals surface area contributed by atoms with Gasteiger partial charge in [-0.2, -0.15) is 0 Å². The van der Waals surface area contributed by atoms with E-state index in [-0.39, 0.29) is 0 Å². The molecule has 0 spiro atoms. The van der Waals surface area contributed by atoms with Crippen molar-refractivity contribution in [3.05, 3.63) is 57.6 Å². The Balaban J connectivity index is 1.38. The third-order valence-electron chi connectivity index (χ3n) is 7.04. The van der Waals surface area contributed by atoms with Crippen molar-refractivity contribution in [2.45, 2.75) is 62.6 Å². The topological polar surface area (TPSA) is 109 Å². The number of hydrogen-bond donors (Lipinski definition) is 4. The quantitative estimate of drug-likeness (QED) is 0.450. The molecule has 8 heteroatoms. The van der Waals surface area contributed by atoms with Crippen molar-refractivity contribution in [3.8, 4) is 11.5 Å². The molecule has 2 heterocycles. The first kappa shape index (κ1) is 23.9. The van der Waals surface area contributed by atoms with Gasteiger partial charge in [0, 0.05) is 12.0 Å². The molecule has 2 aromatic rings. The van der Waals surface area contributed by atoms with Crippen molar-refractivity contribution in [3.63, 3.8) is 0 Å². The summed E-state index contributed by atoms with van der Waals surface area (Å²) in [4.78, 5) is 0. The molecule has 5 rings (SSSR count). The van der Waals surface area contributed by atoms with Gasteiger partial charge < -0.3 is 34.6 Å². The fraction of sp³-hybridized carbons (Fsp3) is 0.538. The van der Waals surface area contributed by atoms with Gasteiger partial charge in [0.25, 0.3) is 0 Å². The van der Waals surface area contributed by atoms with Crippen LogP contribution >= 0.6 is 11.6 Å². The molecule has 3 aliphatic rings. The smallest absolute Gasteiger partial charge is 0.141 e. The van der Waals surface area contributed by atoms with Crippen LogP contribution in [0.3, 0.4) is 0 Å². The molecule has 1 saturated heterocycles. The van der Waals surface area contributed by atoms with Gasteiger partial charge in [-0.3, -0.25) is 0 Å². The first-order valence-corrected chi connectivity index (χ1v) is 12.3. The van der Waals surface area contributed by atoms with Crippen LogP contribution < -0.4 is 9.47 Å². The highest BCUT2D eigenvalue weighted by molar-refractivity contribution is 6.33. The number of aliphatic hydroxyl groups excluding tert-OH is 4. The molecule has 0 radical (unpaired) electrons. The van der Waals surface area contributed by atoms with E-state index in [0.29, 0.717) is 35.8 Å². The number of rotatable bonds is 8. The first-order valence-electron chi connectivity index (χ1n) is 12.0. The van der Waals surface area contributed by atoms with E-state index in [1.165, 1.54) is 12.8 Å². The zero-order valence-electron chi connectivity index (χ0n) is 18.9. The predicted octanol–water partition coefficient (Wildman–Crippen LogP) is 2.56. The van der Waals surface area contributed by atoms with E-state index in [0.717, 1.165) is 41.4 Å². The second-order valence-corrected chi connectivity index (χ2v) is 9.87. The second-order valence-electron chi connectivity index (χ2n) is 9.50. The first-order chi connectivity index (χ1) is 16.5. The van der Waals surface area contributed by atoms with Gasteiger partial charge in [0.1, 0.15) is 42.0 Å². The van der Waals surface area contributed by atoms with Crippen molar-refractivity contribution in [1.82, 2.24) is 0 Å². The highest BCUT2D eigenvalue weighted by Crippen LogP contribution is 2.44. The number of halogens is 1. The van der Waals surface area contributed by atoms with E-state index in [4.69, 9.17) is 25.8 Å². The molecule has 0 bridgehead atoms. The third-order valence-corrected chi connectivity index (χ3v) is 7.45. The van der Waals surface area contributed by atoms with Crippen LogP contribution in [0.25, 0.3) is 0 Å². The largest absolute Gasteiger partial charge is 0.494 e. The maximum Gasteiger partial charge on any atom is 0.141 e. The molecule has 7 nitrogen and oxygen atoms in total. The lowest BCUT2D eigenvalue weighted by molar-refractivity contribution is -0.231. The Morgan fingerprint density at radius 1 is 1.03 bits per heavy atom. The minimum atomic E-state index is -1.44. The molecular formula is C26H31ClO7. The molecule has 184 valence electrons. The molecule has 1 aliphatic carbocycles. The Morgan fingerprint density at radius 2 is 1.79 bits per heavy atom. The standard InChI is InChI=1S/C26H31ClO7/c27-21-16(11-15-3-5-17(6-4-15)32-9-7-14-1-2-14)12-19(18-8-10-33-25(18)21)26-24(31)23(30)22(29)20(13-28)34-26/h3-6,12,14,20,22-24,26,28-31H,1-2,7-11,13H2/t20-,22-,23+,24-,26+/m1/s1. The van der Waals surface area contributed by atoms with Crippen LogP contribution in [-0.4, -0.2) is 64.7 Å². The molecule has 0 aromatic heterocycles. The highest BCUT2D eigenvalue weighted by atomic mass is 35.5. The van der Waals surface area contributed by atoms with Crippen LogP contribution in [0.4, 0.5) is 0 Å². The Hall–Kier alpha value is -1.87. The van der Waals surface area contributed by atoms with E-state index >= 15 is 0 Å². The Labute approximate surface area is 203 Å². The van der Waals surface area contributed by atoms with Crippen LogP contribution in [0.2, 0.25) is 5.02 Å². The van der Waals surface area contributed by atoms with E-state index in [2.05, 4.69) is 0 Å². The van der Waals surface area contributed by atoms with Gasteiger partial charge in [-0.1, -0.05) is 42.6 Å². The van der Waals surface area contributed by atoms with Crippen molar-refractivity contribution in [2.24, 2.45) is 5.92 Å². The van der Waals surface area contributed by atoms with Crippen LogP contribution in [0.15, 0.2) is 30.3 Å². The van der Waals surface area contributed by atoms with Crippen LogP contribution in [-0.2, 0) is 17.6 Å². The van der Waals surface area contributed by atoms with E-state index < -0.39 is 37.1 Å². The fourth-order valence-corrected chi connectivity index (χ4v) is 5.12. The Bertz CT molecular complexity index is 1010. The lowest BCUT2D eigenvalue weighted by Gasteiger charge is -2.40. The molecule has 34 heavy (non-hydrogen) atoms. The van der Waals surface area contributed by atoms with Gasteiger partial charge in [0.2, 0.25) is 0 Å². The van der Waals surface area contributed by atoms with Gasteiger partial charge in [0.15, 0.2) is 0 Å². The summed E-state index contributed by atoms with van der Waals surface area (Å²) >= 11 is 6.71. The molecule has 2 aromatic carbocycles. The molecule has 0 amide bonds. The zero-order chi connectivity index (χ0) is 23.8. The summed E-state index contributed by atoms with van der Waals surface area (Å²) in [6.45, 7) is 0.714. The van der Waals surface area contributed by atoms with Crippen molar-refractivity contribution in [2.75, 3.05) is 19.8 Å². The molecule has 1 saturated carbocycles. The summed E-state index contributed by atoms with van der Waals surface area (Å²) in [6, 6.07) is 9.80. The number of benzene rings is 2. The monoisotopic (exact) mass is 490 g/mol.